The van der Waals surface area contributed by atoms with E-state index in [1.54, 1.807) is 48.5 Å². The Bertz CT molecular complexity index is 1140. The van der Waals surface area contributed by atoms with Gasteiger partial charge in [-0.3, -0.25) is 4.79 Å². The van der Waals surface area contributed by atoms with E-state index in [2.05, 4.69) is 26.5 Å². The van der Waals surface area contributed by atoms with Crippen molar-refractivity contribution < 1.29 is 14.3 Å². The van der Waals surface area contributed by atoms with Crippen molar-refractivity contribution in [3.05, 3.63) is 90.8 Å². The molecule has 1 N–H and O–H groups in total. The van der Waals surface area contributed by atoms with Crippen molar-refractivity contribution in [3.8, 4) is 11.5 Å². The van der Waals surface area contributed by atoms with E-state index >= 15 is 0 Å². The molecule has 5 nitrogen and oxygen atoms in total. The highest BCUT2D eigenvalue weighted by Crippen LogP contribution is 2.34. The fourth-order valence-corrected chi connectivity index (χ4v) is 3.67. The lowest BCUT2D eigenvalue weighted by atomic mass is 10.2. The first-order valence-corrected chi connectivity index (χ1v) is 11.4. The third kappa shape index (κ3) is 6.62. The number of benzene rings is 3. The van der Waals surface area contributed by atoms with Gasteiger partial charge in [-0.05, 0) is 71.4 Å². The lowest BCUT2D eigenvalue weighted by Gasteiger charge is -2.14. The Hall–Kier alpha value is -2.25. The maximum atomic E-state index is 12.2. The van der Waals surface area contributed by atoms with Crippen LogP contribution in [0.4, 0.5) is 0 Å². The van der Waals surface area contributed by atoms with Gasteiger partial charge in [0, 0.05) is 36.2 Å². The van der Waals surface area contributed by atoms with Crippen LogP contribution in [-0.4, -0.2) is 18.7 Å². The molecule has 0 aliphatic carbocycles. The molecule has 0 fully saturated rings. The van der Waals surface area contributed by atoms with Crippen LogP contribution in [0.25, 0.3) is 0 Å². The van der Waals surface area contributed by atoms with Gasteiger partial charge in [0.15, 0.2) is 11.5 Å². The van der Waals surface area contributed by atoms with E-state index in [4.69, 9.17) is 44.3 Å². The van der Waals surface area contributed by atoms with Crippen LogP contribution in [0.1, 0.15) is 28.4 Å². The van der Waals surface area contributed by atoms with Crippen LogP contribution in [0.5, 0.6) is 11.5 Å². The zero-order chi connectivity index (χ0) is 23.1. The van der Waals surface area contributed by atoms with Gasteiger partial charge in [0.05, 0.1) is 12.8 Å². The zero-order valence-electron chi connectivity index (χ0n) is 16.9. The molecular formula is C23H18BrCl3N2O3. The SMILES string of the molecule is CCOc1cc(/C=N\NC(=O)c2ccc(Cl)cc2)c(Br)cc1OCc1ccc(Cl)cc1Cl. The smallest absolute Gasteiger partial charge is 0.271 e. The van der Waals surface area contributed by atoms with Crippen molar-refractivity contribution >= 4 is 62.9 Å². The Balaban J connectivity index is 1.73. The molecule has 0 saturated carbocycles. The number of carbonyl (C=O) groups is 1. The minimum atomic E-state index is -0.348. The maximum Gasteiger partial charge on any atom is 0.271 e. The molecule has 3 aromatic rings. The second kappa shape index (κ2) is 11.6. The summed E-state index contributed by atoms with van der Waals surface area (Å²) in [7, 11) is 0. The second-order valence-corrected chi connectivity index (χ2v) is 8.62. The topological polar surface area (TPSA) is 59.9 Å². The summed E-state index contributed by atoms with van der Waals surface area (Å²) in [6.45, 7) is 2.57. The molecule has 0 aliphatic heterocycles. The van der Waals surface area contributed by atoms with Crippen molar-refractivity contribution in [1.82, 2.24) is 5.43 Å². The number of hydrazone groups is 1. The number of amides is 1. The number of carbonyl (C=O) groups excluding carboxylic acids is 1. The third-order valence-electron chi connectivity index (χ3n) is 4.24. The number of nitrogens with zero attached hydrogens (tertiary/aromatic N) is 1. The average Bonchev–Trinajstić information content (AvgIpc) is 2.76. The van der Waals surface area contributed by atoms with E-state index in [0.29, 0.717) is 48.8 Å². The maximum absolute atomic E-state index is 12.2. The Morgan fingerprint density at radius 1 is 1.00 bits per heavy atom. The number of hydrogen-bond acceptors (Lipinski definition) is 4. The van der Waals surface area contributed by atoms with E-state index in [1.807, 2.05) is 13.0 Å². The Morgan fingerprint density at radius 3 is 2.38 bits per heavy atom. The van der Waals surface area contributed by atoms with Gasteiger partial charge < -0.3 is 9.47 Å². The summed E-state index contributed by atoms with van der Waals surface area (Å²) in [5.41, 5.74) is 4.43. The highest BCUT2D eigenvalue weighted by atomic mass is 79.9. The highest BCUT2D eigenvalue weighted by molar-refractivity contribution is 9.10. The van der Waals surface area contributed by atoms with Crippen molar-refractivity contribution in [1.29, 1.82) is 0 Å². The predicted octanol–water partition coefficient (Wildman–Crippen LogP) is 7.15. The molecule has 0 heterocycles. The lowest BCUT2D eigenvalue weighted by Crippen LogP contribution is -2.17. The Kier molecular flexibility index (Phi) is 8.82. The van der Waals surface area contributed by atoms with Gasteiger partial charge in [-0.1, -0.05) is 40.9 Å². The molecule has 3 rings (SSSR count). The molecule has 0 spiro atoms. The quantitative estimate of drug-likeness (QED) is 0.237. The summed E-state index contributed by atoms with van der Waals surface area (Å²) >= 11 is 21.5. The molecule has 166 valence electrons. The molecule has 0 saturated heterocycles. The number of nitrogens with one attached hydrogen (secondary N) is 1. The lowest BCUT2D eigenvalue weighted by molar-refractivity contribution is 0.0955. The third-order valence-corrected chi connectivity index (χ3v) is 5.76. The number of hydrogen-bond donors (Lipinski definition) is 1. The van der Waals surface area contributed by atoms with Gasteiger partial charge in [0.25, 0.3) is 5.91 Å². The summed E-state index contributed by atoms with van der Waals surface area (Å²) < 4.78 is 12.4. The summed E-state index contributed by atoms with van der Waals surface area (Å²) in [6, 6.07) is 15.3. The van der Waals surface area contributed by atoms with E-state index in [1.165, 1.54) is 6.21 Å². The number of halogens is 4. The molecule has 1 amide bonds. The van der Waals surface area contributed by atoms with E-state index in [0.717, 1.165) is 5.56 Å². The molecule has 0 unspecified atom stereocenters. The summed E-state index contributed by atoms with van der Waals surface area (Å²) in [6.07, 6.45) is 1.51. The fourth-order valence-electron chi connectivity index (χ4n) is 2.65. The van der Waals surface area contributed by atoms with Crippen LogP contribution in [-0.2, 0) is 6.61 Å². The van der Waals surface area contributed by atoms with Crippen molar-refractivity contribution in [2.45, 2.75) is 13.5 Å². The Labute approximate surface area is 209 Å². The highest BCUT2D eigenvalue weighted by Gasteiger charge is 2.12. The molecule has 0 bridgehead atoms. The molecular weight excluding hydrogens is 539 g/mol. The zero-order valence-corrected chi connectivity index (χ0v) is 20.7. The van der Waals surface area contributed by atoms with Crippen molar-refractivity contribution in [2.75, 3.05) is 6.61 Å². The van der Waals surface area contributed by atoms with Crippen LogP contribution in [0.3, 0.4) is 0 Å². The molecule has 0 atom stereocenters. The van der Waals surface area contributed by atoms with Crippen molar-refractivity contribution in [2.24, 2.45) is 5.10 Å². The van der Waals surface area contributed by atoms with Gasteiger partial charge in [-0.15, -0.1) is 0 Å². The minimum Gasteiger partial charge on any atom is -0.490 e. The minimum absolute atomic E-state index is 0.243. The van der Waals surface area contributed by atoms with E-state index in [-0.39, 0.29) is 12.5 Å². The monoisotopic (exact) mass is 554 g/mol. The van der Waals surface area contributed by atoms with Gasteiger partial charge in [0.1, 0.15) is 6.61 Å². The second-order valence-electron chi connectivity index (χ2n) is 6.48. The first-order valence-electron chi connectivity index (χ1n) is 9.49. The summed E-state index contributed by atoms with van der Waals surface area (Å²) in [5, 5.41) is 5.67. The van der Waals surface area contributed by atoms with Crippen LogP contribution in [0, 0.1) is 0 Å². The van der Waals surface area contributed by atoms with Crippen LogP contribution in [0.2, 0.25) is 15.1 Å². The summed E-state index contributed by atoms with van der Waals surface area (Å²) in [4.78, 5) is 12.2. The first kappa shape index (κ1) is 24.4. The average molecular weight is 557 g/mol. The molecule has 0 aliphatic rings. The van der Waals surface area contributed by atoms with Gasteiger partial charge >= 0.3 is 0 Å². The van der Waals surface area contributed by atoms with E-state index < -0.39 is 0 Å². The van der Waals surface area contributed by atoms with Gasteiger partial charge in [-0.2, -0.15) is 5.10 Å². The molecule has 32 heavy (non-hydrogen) atoms. The molecule has 0 aromatic heterocycles. The van der Waals surface area contributed by atoms with Crippen LogP contribution >= 0.6 is 50.7 Å². The normalized spacial score (nSPS) is 10.9. The van der Waals surface area contributed by atoms with Crippen LogP contribution < -0.4 is 14.9 Å². The Morgan fingerprint density at radius 2 is 1.69 bits per heavy atom. The predicted molar refractivity (Wildman–Crippen MR) is 133 cm³/mol. The van der Waals surface area contributed by atoms with Gasteiger partial charge in [0.2, 0.25) is 0 Å². The van der Waals surface area contributed by atoms with Crippen molar-refractivity contribution in [3.63, 3.8) is 0 Å². The largest absolute Gasteiger partial charge is 0.490 e. The fraction of sp³-hybridized carbons (Fsp3) is 0.130. The molecule has 9 heteroatoms. The standard InChI is InChI=1S/C23H18BrCl3N2O3/c1-2-31-21-9-16(12-28-29-23(30)14-3-6-17(25)7-4-14)19(24)11-22(21)32-13-15-5-8-18(26)10-20(15)27/h3-12H,2,13H2,1H3,(H,29,30)/b28-12-. The summed E-state index contributed by atoms with van der Waals surface area (Å²) in [5.74, 6) is 0.720. The van der Waals surface area contributed by atoms with Crippen LogP contribution in [0.15, 0.2) is 64.2 Å². The van der Waals surface area contributed by atoms with Gasteiger partial charge in [-0.25, -0.2) is 5.43 Å². The molecule has 3 aromatic carbocycles. The number of rotatable bonds is 8. The van der Waals surface area contributed by atoms with E-state index in [9.17, 15) is 4.79 Å². The molecule has 0 radical (unpaired) electrons. The number of ether oxygens (including phenoxy) is 2. The first-order chi connectivity index (χ1) is 15.4.